The van der Waals surface area contributed by atoms with Crippen LogP contribution < -0.4 is 0 Å². The first-order chi connectivity index (χ1) is 6.75. The predicted octanol–water partition coefficient (Wildman–Crippen LogP) is 3.10. The molecule has 1 rings (SSSR count). The first kappa shape index (κ1) is 11.7. The number of Topliss-reactive ketones (excluding diaryl/α,β-unsaturated/α-hetero) is 1. The number of carbonyl (C=O) groups excluding carboxylic acids is 1. The van der Waals surface area contributed by atoms with E-state index < -0.39 is 0 Å². The highest BCUT2D eigenvalue weighted by atomic mass is 16.5. The maximum absolute atomic E-state index is 12.0. The Morgan fingerprint density at radius 1 is 1.29 bits per heavy atom. The minimum absolute atomic E-state index is 0.346. The maximum atomic E-state index is 12.0. The van der Waals surface area contributed by atoms with E-state index in [0.717, 1.165) is 38.5 Å². The lowest BCUT2D eigenvalue weighted by molar-refractivity contribution is -0.143. The summed E-state index contributed by atoms with van der Waals surface area (Å²) >= 11 is 0. The Balaban J connectivity index is 2.52. The number of ketones is 1. The average Bonchev–Trinajstić information content (AvgIpc) is 2.64. The van der Waals surface area contributed by atoms with E-state index >= 15 is 0 Å². The second-order valence-electron chi connectivity index (χ2n) is 4.16. The molecule has 0 aromatic heterocycles. The molecule has 0 saturated heterocycles. The van der Waals surface area contributed by atoms with Gasteiger partial charge in [-0.05, 0) is 39.0 Å². The van der Waals surface area contributed by atoms with E-state index in [0.29, 0.717) is 18.8 Å². The van der Waals surface area contributed by atoms with Crippen molar-refractivity contribution in [2.75, 3.05) is 6.61 Å². The quantitative estimate of drug-likeness (QED) is 0.655. The smallest absolute Gasteiger partial charge is 0.164 e. The lowest BCUT2D eigenvalue weighted by Gasteiger charge is -2.27. The van der Waals surface area contributed by atoms with Gasteiger partial charge < -0.3 is 4.74 Å². The molecule has 1 saturated carbocycles. The van der Waals surface area contributed by atoms with Crippen molar-refractivity contribution in [1.29, 1.82) is 0 Å². The Morgan fingerprint density at radius 3 is 2.43 bits per heavy atom. The van der Waals surface area contributed by atoms with Gasteiger partial charge in [0.1, 0.15) is 5.60 Å². The van der Waals surface area contributed by atoms with Gasteiger partial charge in [-0.15, -0.1) is 0 Å². The lowest BCUT2D eigenvalue weighted by Crippen LogP contribution is -2.38. The van der Waals surface area contributed by atoms with Gasteiger partial charge in [0.2, 0.25) is 0 Å². The van der Waals surface area contributed by atoms with Gasteiger partial charge in [0, 0.05) is 13.0 Å². The highest BCUT2D eigenvalue weighted by molar-refractivity contribution is 5.87. The van der Waals surface area contributed by atoms with Crippen LogP contribution in [0.2, 0.25) is 0 Å². The van der Waals surface area contributed by atoms with Gasteiger partial charge >= 0.3 is 0 Å². The summed E-state index contributed by atoms with van der Waals surface area (Å²) in [6.45, 7) is 4.76. The third-order valence-electron chi connectivity index (χ3n) is 3.10. The Labute approximate surface area is 87.0 Å². The van der Waals surface area contributed by atoms with Crippen LogP contribution in [-0.4, -0.2) is 18.0 Å². The van der Waals surface area contributed by atoms with Gasteiger partial charge in [-0.1, -0.05) is 13.3 Å². The second kappa shape index (κ2) is 5.50. The van der Waals surface area contributed by atoms with Crippen LogP contribution in [0, 0.1) is 0 Å². The topological polar surface area (TPSA) is 26.3 Å². The zero-order valence-electron chi connectivity index (χ0n) is 9.47. The second-order valence-corrected chi connectivity index (χ2v) is 4.16. The molecule has 2 heteroatoms. The summed E-state index contributed by atoms with van der Waals surface area (Å²) < 4.78 is 5.70. The van der Waals surface area contributed by atoms with Crippen LogP contribution in [0.4, 0.5) is 0 Å². The molecule has 0 unspecified atom stereocenters. The maximum Gasteiger partial charge on any atom is 0.164 e. The Morgan fingerprint density at radius 2 is 1.93 bits per heavy atom. The summed E-state index contributed by atoms with van der Waals surface area (Å²) in [5.74, 6) is 0.346. The minimum Gasteiger partial charge on any atom is -0.368 e. The molecule has 1 fully saturated rings. The van der Waals surface area contributed by atoms with Crippen molar-refractivity contribution in [2.24, 2.45) is 0 Å². The highest BCUT2D eigenvalue weighted by Crippen LogP contribution is 2.35. The molecule has 0 aromatic rings. The van der Waals surface area contributed by atoms with Crippen LogP contribution in [0.5, 0.6) is 0 Å². The minimum atomic E-state index is -0.385. The molecule has 0 spiro atoms. The molecule has 2 nitrogen and oxygen atoms in total. The van der Waals surface area contributed by atoms with E-state index in [1.165, 1.54) is 0 Å². The monoisotopic (exact) mass is 198 g/mol. The molecule has 0 heterocycles. The highest BCUT2D eigenvalue weighted by Gasteiger charge is 2.40. The molecule has 0 aliphatic heterocycles. The fourth-order valence-corrected chi connectivity index (χ4v) is 2.29. The van der Waals surface area contributed by atoms with Crippen LogP contribution in [0.1, 0.15) is 58.8 Å². The van der Waals surface area contributed by atoms with E-state index in [4.69, 9.17) is 4.74 Å². The normalized spacial score (nSPS) is 19.9. The number of unbranched alkanes of at least 4 members (excludes halogenated alkanes) is 1. The van der Waals surface area contributed by atoms with Crippen molar-refractivity contribution in [1.82, 2.24) is 0 Å². The van der Waals surface area contributed by atoms with Crippen molar-refractivity contribution >= 4 is 5.78 Å². The molecule has 1 aliphatic carbocycles. The van der Waals surface area contributed by atoms with Crippen LogP contribution >= 0.6 is 0 Å². The predicted molar refractivity (Wildman–Crippen MR) is 57.4 cm³/mol. The van der Waals surface area contributed by atoms with E-state index in [9.17, 15) is 4.79 Å². The van der Waals surface area contributed by atoms with Gasteiger partial charge in [0.15, 0.2) is 5.78 Å². The average molecular weight is 198 g/mol. The molecule has 1 aliphatic rings. The Bertz CT molecular complexity index is 181. The molecule has 0 atom stereocenters. The van der Waals surface area contributed by atoms with Gasteiger partial charge in [0.25, 0.3) is 0 Å². The zero-order chi connectivity index (χ0) is 10.4. The molecule has 0 N–H and O–H groups in total. The summed E-state index contributed by atoms with van der Waals surface area (Å²) in [4.78, 5) is 12.0. The van der Waals surface area contributed by atoms with E-state index in [1.807, 2.05) is 6.92 Å². The first-order valence-electron chi connectivity index (χ1n) is 5.92. The third kappa shape index (κ3) is 2.57. The molecule has 0 radical (unpaired) electrons. The molecule has 82 valence electrons. The van der Waals surface area contributed by atoms with Crippen molar-refractivity contribution in [3.05, 3.63) is 0 Å². The van der Waals surface area contributed by atoms with Crippen molar-refractivity contribution in [2.45, 2.75) is 64.4 Å². The number of carbonyl (C=O) groups is 1. The summed E-state index contributed by atoms with van der Waals surface area (Å²) in [6.07, 6.45) is 7.00. The number of hydrogen-bond donors (Lipinski definition) is 0. The number of hydrogen-bond acceptors (Lipinski definition) is 2. The zero-order valence-corrected chi connectivity index (χ0v) is 9.47. The van der Waals surface area contributed by atoms with E-state index in [2.05, 4.69) is 6.92 Å². The summed E-state index contributed by atoms with van der Waals surface area (Å²) in [5.41, 5.74) is -0.385. The molecule has 0 amide bonds. The van der Waals surface area contributed by atoms with Crippen LogP contribution in [0.15, 0.2) is 0 Å². The summed E-state index contributed by atoms with van der Waals surface area (Å²) in [7, 11) is 0. The van der Waals surface area contributed by atoms with Crippen molar-refractivity contribution < 1.29 is 9.53 Å². The lowest BCUT2D eigenvalue weighted by atomic mass is 9.92. The largest absolute Gasteiger partial charge is 0.368 e. The fourth-order valence-electron chi connectivity index (χ4n) is 2.29. The molecule has 0 aromatic carbocycles. The standard InChI is InChI=1S/C12H22O2/c1-3-5-8-11(13)12(14-4-2)9-6-7-10-12/h3-10H2,1-2H3. The van der Waals surface area contributed by atoms with Gasteiger partial charge in [-0.3, -0.25) is 4.79 Å². The number of ether oxygens (including phenoxy) is 1. The van der Waals surface area contributed by atoms with Crippen molar-refractivity contribution in [3.8, 4) is 0 Å². The van der Waals surface area contributed by atoms with E-state index in [1.54, 1.807) is 0 Å². The molecular formula is C12H22O2. The van der Waals surface area contributed by atoms with Crippen molar-refractivity contribution in [3.63, 3.8) is 0 Å². The first-order valence-corrected chi connectivity index (χ1v) is 5.92. The third-order valence-corrected chi connectivity index (χ3v) is 3.10. The van der Waals surface area contributed by atoms with Crippen LogP contribution in [0.3, 0.4) is 0 Å². The Hall–Kier alpha value is -0.370. The SMILES string of the molecule is CCCCC(=O)C1(OCC)CCCC1. The molecule has 0 bridgehead atoms. The molecular weight excluding hydrogens is 176 g/mol. The Kier molecular flexibility index (Phi) is 4.59. The van der Waals surface area contributed by atoms with Gasteiger partial charge in [0.05, 0.1) is 0 Å². The summed E-state index contributed by atoms with van der Waals surface area (Å²) in [5, 5.41) is 0. The number of rotatable bonds is 6. The van der Waals surface area contributed by atoms with Gasteiger partial charge in [-0.2, -0.15) is 0 Å². The molecule has 14 heavy (non-hydrogen) atoms. The van der Waals surface area contributed by atoms with Crippen LogP contribution in [0.25, 0.3) is 0 Å². The van der Waals surface area contributed by atoms with E-state index in [-0.39, 0.29) is 5.60 Å². The fraction of sp³-hybridized carbons (Fsp3) is 0.917. The summed E-state index contributed by atoms with van der Waals surface area (Å²) in [6, 6.07) is 0. The van der Waals surface area contributed by atoms with Crippen LogP contribution in [-0.2, 0) is 9.53 Å². The van der Waals surface area contributed by atoms with Gasteiger partial charge in [-0.25, -0.2) is 0 Å².